The molecule has 0 fully saturated rings. The van der Waals surface area contributed by atoms with Crippen molar-refractivity contribution in [3.8, 4) is 0 Å². The van der Waals surface area contributed by atoms with Gasteiger partial charge in [0.1, 0.15) is 12.6 Å². The first kappa shape index (κ1) is 37.0. The number of rotatable bonds is 14. The molecule has 4 aromatic carbocycles. The topological polar surface area (TPSA) is 86.8 Å². The van der Waals surface area contributed by atoms with Crippen LogP contribution in [0.25, 0.3) is 0 Å². The van der Waals surface area contributed by atoms with Crippen LogP contribution in [0.4, 0.5) is 5.69 Å². The van der Waals surface area contributed by atoms with Crippen molar-refractivity contribution >= 4 is 50.7 Å². The molecule has 0 aliphatic heterocycles. The van der Waals surface area contributed by atoms with E-state index in [4.69, 9.17) is 23.2 Å². The molecule has 10 heteroatoms. The Morgan fingerprint density at radius 2 is 1.42 bits per heavy atom. The van der Waals surface area contributed by atoms with Gasteiger partial charge in [0.25, 0.3) is 10.0 Å². The average Bonchev–Trinajstić information content (AvgIpc) is 3.06. The Kier molecular flexibility index (Phi) is 12.7. The van der Waals surface area contributed by atoms with E-state index in [0.29, 0.717) is 27.7 Å². The number of carbonyl (C=O) groups is 2. The molecular formula is C38H43Cl2N3O4S. The number of nitrogens with one attached hydrogen (secondary N) is 1. The van der Waals surface area contributed by atoms with Gasteiger partial charge in [0.2, 0.25) is 11.8 Å². The Hall–Kier alpha value is -3.85. The summed E-state index contributed by atoms with van der Waals surface area (Å²) < 4.78 is 29.7. The van der Waals surface area contributed by atoms with Crippen LogP contribution in [0.3, 0.4) is 0 Å². The lowest BCUT2D eigenvalue weighted by molar-refractivity contribution is -0.140. The van der Waals surface area contributed by atoms with Crippen LogP contribution in [0.15, 0.2) is 102 Å². The van der Waals surface area contributed by atoms with E-state index >= 15 is 0 Å². The molecule has 0 aromatic heterocycles. The number of amides is 2. The molecule has 7 nitrogen and oxygen atoms in total. The minimum Gasteiger partial charge on any atom is -0.352 e. The van der Waals surface area contributed by atoms with E-state index in [2.05, 4.69) is 5.32 Å². The molecule has 0 saturated carbocycles. The second-order valence-electron chi connectivity index (χ2n) is 12.3. The van der Waals surface area contributed by atoms with Gasteiger partial charge in [0.05, 0.1) is 10.6 Å². The van der Waals surface area contributed by atoms with E-state index in [1.54, 1.807) is 42.5 Å². The SMILES string of the molecule is CC[C@@H](C)NC(=O)[C@H](Cc1ccccc1)N(Cc1c(Cl)cccc1Cl)C(=O)CN(c1ccc(C(C)C)cc1)S(=O)(=O)c1ccc(C)cc1. The number of halogens is 2. The Balaban J connectivity index is 1.85. The lowest BCUT2D eigenvalue weighted by Crippen LogP contribution is -2.54. The van der Waals surface area contributed by atoms with Gasteiger partial charge >= 0.3 is 0 Å². The van der Waals surface area contributed by atoms with E-state index in [0.717, 1.165) is 21.0 Å². The molecule has 0 heterocycles. The third kappa shape index (κ3) is 9.19. The third-order valence-electron chi connectivity index (χ3n) is 8.40. The maximum Gasteiger partial charge on any atom is 0.264 e. The molecular weight excluding hydrogens is 665 g/mol. The van der Waals surface area contributed by atoms with Crippen LogP contribution in [0, 0.1) is 6.92 Å². The zero-order valence-electron chi connectivity index (χ0n) is 28.0. The van der Waals surface area contributed by atoms with Crippen LogP contribution in [-0.4, -0.2) is 43.8 Å². The maximum atomic E-state index is 14.7. The Morgan fingerprint density at radius 3 is 1.98 bits per heavy atom. The lowest BCUT2D eigenvalue weighted by atomic mass is 10.0. The van der Waals surface area contributed by atoms with E-state index in [1.807, 2.05) is 77.1 Å². The first-order valence-corrected chi connectivity index (χ1v) is 18.3. The van der Waals surface area contributed by atoms with Crippen molar-refractivity contribution in [3.05, 3.63) is 129 Å². The van der Waals surface area contributed by atoms with Crippen molar-refractivity contribution in [3.63, 3.8) is 0 Å². The van der Waals surface area contributed by atoms with Crippen molar-refractivity contribution in [2.75, 3.05) is 10.8 Å². The number of hydrogen-bond acceptors (Lipinski definition) is 4. The lowest BCUT2D eigenvalue weighted by Gasteiger charge is -2.34. The van der Waals surface area contributed by atoms with Gasteiger partial charge < -0.3 is 10.2 Å². The van der Waals surface area contributed by atoms with Crippen molar-refractivity contribution in [2.24, 2.45) is 0 Å². The van der Waals surface area contributed by atoms with Crippen molar-refractivity contribution in [1.29, 1.82) is 0 Å². The quantitative estimate of drug-likeness (QED) is 0.143. The van der Waals surface area contributed by atoms with Crippen LogP contribution in [0.5, 0.6) is 0 Å². The standard InChI is InChI=1S/C38H43Cl2N3O4S/c1-6-28(5)41-38(45)36(23-29-11-8-7-9-12-29)42(24-33-34(39)13-10-14-35(33)40)37(44)25-43(31-19-17-30(18-20-31)26(2)3)48(46,47)32-21-15-27(4)16-22-32/h7-22,26,28,36H,6,23-25H2,1-5H3,(H,41,45)/t28-,36+/m1/s1. The monoisotopic (exact) mass is 707 g/mol. The normalized spacial score (nSPS) is 12.8. The number of anilines is 1. The van der Waals surface area contributed by atoms with Crippen LogP contribution in [-0.2, 0) is 32.6 Å². The number of nitrogens with zero attached hydrogens (tertiary/aromatic N) is 2. The third-order valence-corrected chi connectivity index (χ3v) is 10.9. The molecule has 4 aromatic rings. The van der Waals surface area contributed by atoms with Crippen molar-refractivity contribution in [2.45, 2.75) is 76.9 Å². The van der Waals surface area contributed by atoms with E-state index in [9.17, 15) is 18.0 Å². The molecule has 0 unspecified atom stereocenters. The zero-order chi connectivity index (χ0) is 35.0. The Morgan fingerprint density at radius 1 is 0.812 bits per heavy atom. The molecule has 0 aliphatic carbocycles. The fourth-order valence-corrected chi connectivity index (χ4v) is 7.17. The average molecular weight is 709 g/mol. The van der Waals surface area contributed by atoms with Gasteiger partial charge in [-0.25, -0.2) is 8.42 Å². The highest BCUT2D eigenvalue weighted by atomic mass is 35.5. The number of carbonyl (C=O) groups excluding carboxylic acids is 2. The largest absolute Gasteiger partial charge is 0.352 e. The molecule has 0 bridgehead atoms. The summed E-state index contributed by atoms with van der Waals surface area (Å²) in [5.74, 6) is -0.727. The fourth-order valence-electron chi connectivity index (χ4n) is 5.24. The molecule has 2 amide bonds. The van der Waals surface area contributed by atoms with Crippen LogP contribution < -0.4 is 9.62 Å². The van der Waals surface area contributed by atoms with Crippen molar-refractivity contribution < 1.29 is 18.0 Å². The summed E-state index contributed by atoms with van der Waals surface area (Å²) in [7, 11) is -4.22. The highest BCUT2D eigenvalue weighted by molar-refractivity contribution is 7.92. The summed E-state index contributed by atoms with van der Waals surface area (Å²) in [6, 6.07) is 26.9. The van der Waals surface area contributed by atoms with E-state index in [-0.39, 0.29) is 35.7 Å². The summed E-state index contributed by atoms with van der Waals surface area (Å²) in [5.41, 5.74) is 3.54. The van der Waals surface area contributed by atoms with Crippen LogP contribution in [0.2, 0.25) is 10.0 Å². The summed E-state index contributed by atoms with van der Waals surface area (Å²) in [4.78, 5) is 30.2. The van der Waals surface area contributed by atoms with Gasteiger partial charge in [-0.1, -0.05) is 110 Å². The molecule has 0 aliphatic rings. The van der Waals surface area contributed by atoms with Gasteiger partial charge in [0, 0.05) is 34.6 Å². The molecule has 2 atom stereocenters. The highest BCUT2D eigenvalue weighted by Gasteiger charge is 2.35. The summed E-state index contributed by atoms with van der Waals surface area (Å²) in [6.45, 7) is 9.14. The predicted molar refractivity (Wildman–Crippen MR) is 195 cm³/mol. The Bertz CT molecular complexity index is 1780. The molecule has 0 spiro atoms. The molecule has 0 radical (unpaired) electrons. The molecule has 254 valence electrons. The number of benzene rings is 4. The zero-order valence-corrected chi connectivity index (χ0v) is 30.3. The molecule has 1 N–H and O–H groups in total. The van der Waals surface area contributed by atoms with Gasteiger partial charge in [-0.3, -0.25) is 13.9 Å². The second-order valence-corrected chi connectivity index (χ2v) is 15.0. The van der Waals surface area contributed by atoms with Gasteiger partial charge in [-0.15, -0.1) is 0 Å². The smallest absolute Gasteiger partial charge is 0.264 e. The number of hydrogen-bond donors (Lipinski definition) is 1. The molecule has 0 saturated heterocycles. The van der Waals surface area contributed by atoms with Gasteiger partial charge in [0.15, 0.2) is 0 Å². The first-order chi connectivity index (χ1) is 22.8. The molecule has 48 heavy (non-hydrogen) atoms. The highest BCUT2D eigenvalue weighted by Crippen LogP contribution is 2.30. The summed E-state index contributed by atoms with van der Waals surface area (Å²) in [6.07, 6.45) is 0.869. The van der Waals surface area contributed by atoms with Gasteiger partial charge in [-0.2, -0.15) is 0 Å². The molecule has 4 rings (SSSR count). The van der Waals surface area contributed by atoms with Gasteiger partial charge in [-0.05, 0) is 73.7 Å². The van der Waals surface area contributed by atoms with E-state index in [1.165, 1.54) is 17.0 Å². The number of sulfonamides is 1. The minimum absolute atomic E-state index is 0.0462. The predicted octanol–water partition coefficient (Wildman–Crippen LogP) is 8.18. The number of aryl methyl sites for hydroxylation is 1. The first-order valence-electron chi connectivity index (χ1n) is 16.1. The second kappa shape index (κ2) is 16.5. The van der Waals surface area contributed by atoms with E-state index < -0.39 is 28.5 Å². The maximum absolute atomic E-state index is 14.7. The minimum atomic E-state index is -4.22. The Labute approximate surface area is 294 Å². The van der Waals surface area contributed by atoms with Crippen LogP contribution >= 0.6 is 23.2 Å². The summed E-state index contributed by atoms with van der Waals surface area (Å²) in [5, 5.41) is 3.69. The van der Waals surface area contributed by atoms with Crippen molar-refractivity contribution in [1.82, 2.24) is 10.2 Å². The fraction of sp³-hybridized carbons (Fsp3) is 0.316. The summed E-state index contributed by atoms with van der Waals surface area (Å²) >= 11 is 13.2. The van der Waals surface area contributed by atoms with Crippen LogP contribution in [0.1, 0.15) is 62.3 Å².